The first-order valence-corrected chi connectivity index (χ1v) is 9.38. The molecular formula is C19H19BrN2O3. The first-order chi connectivity index (χ1) is 12.0. The number of nitrogens with one attached hydrogen (secondary N) is 1. The third kappa shape index (κ3) is 2.63. The molecule has 0 radical (unpaired) electrons. The number of carbonyl (C=O) groups is 3. The summed E-state index contributed by atoms with van der Waals surface area (Å²) in [5.41, 5.74) is 0.637. The second-order valence-electron chi connectivity index (χ2n) is 7.06. The van der Waals surface area contributed by atoms with Crippen molar-refractivity contribution in [2.45, 2.75) is 25.8 Å². The van der Waals surface area contributed by atoms with Gasteiger partial charge in [0.05, 0.1) is 11.8 Å². The maximum atomic E-state index is 12.9. The second-order valence-corrected chi connectivity index (χ2v) is 7.98. The first kappa shape index (κ1) is 16.5. The minimum absolute atomic E-state index is 0.137. The molecule has 1 aromatic rings. The zero-order valence-corrected chi connectivity index (χ0v) is 15.4. The topological polar surface area (TPSA) is 66.5 Å². The average molecular weight is 403 g/mol. The van der Waals surface area contributed by atoms with Crippen molar-refractivity contribution in [1.29, 1.82) is 0 Å². The fourth-order valence-corrected chi connectivity index (χ4v) is 4.64. The molecule has 5 atom stereocenters. The second kappa shape index (κ2) is 6.09. The molecule has 2 fully saturated rings. The summed E-state index contributed by atoms with van der Waals surface area (Å²) in [6.45, 7) is 1.62. The van der Waals surface area contributed by atoms with Crippen molar-refractivity contribution in [1.82, 2.24) is 4.90 Å². The first-order valence-electron chi connectivity index (χ1n) is 8.59. The van der Waals surface area contributed by atoms with Gasteiger partial charge in [-0.1, -0.05) is 28.1 Å². The fourth-order valence-electron chi connectivity index (χ4n) is 4.38. The van der Waals surface area contributed by atoms with Crippen LogP contribution >= 0.6 is 15.9 Å². The van der Waals surface area contributed by atoms with E-state index in [1.807, 2.05) is 12.1 Å². The van der Waals surface area contributed by atoms with Gasteiger partial charge in [0.2, 0.25) is 17.7 Å². The van der Waals surface area contributed by atoms with E-state index >= 15 is 0 Å². The van der Waals surface area contributed by atoms with Gasteiger partial charge in [-0.3, -0.25) is 19.3 Å². The number of benzene rings is 1. The summed E-state index contributed by atoms with van der Waals surface area (Å²) in [5.74, 6) is -1.00. The van der Waals surface area contributed by atoms with Crippen LogP contribution in [0.5, 0.6) is 0 Å². The van der Waals surface area contributed by atoms with Crippen LogP contribution in [0.3, 0.4) is 0 Å². The quantitative estimate of drug-likeness (QED) is 0.624. The van der Waals surface area contributed by atoms with Crippen LogP contribution in [0, 0.1) is 23.7 Å². The number of imide groups is 1. The van der Waals surface area contributed by atoms with Crippen LogP contribution in [-0.2, 0) is 14.4 Å². The van der Waals surface area contributed by atoms with E-state index < -0.39 is 6.04 Å². The number of hydrogen-bond acceptors (Lipinski definition) is 3. The van der Waals surface area contributed by atoms with Crippen LogP contribution in [0.2, 0.25) is 0 Å². The van der Waals surface area contributed by atoms with Gasteiger partial charge in [-0.2, -0.15) is 0 Å². The molecule has 5 rings (SSSR count). The summed E-state index contributed by atoms with van der Waals surface area (Å²) in [5, 5.41) is 2.78. The molecule has 6 heteroatoms. The fraction of sp³-hybridized carbons (Fsp3) is 0.421. The molecule has 1 N–H and O–H groups in total. The Labute approximate surface area is 154 Å². The van der Waals surface area contributed by atoms with E-state index in [4.69, 9.17) is 0 Å². The number of halogens is 1. The van der Waals surface area contributed by atoms with E-state index in [1.165, 1.54) is 4.90 Å². The van der Waals surface area contributed by atoms with Crippen LogP contribution in [0.15, 0.2) is 40.9 Å². The molecule has 1 saturated heterocycles. The Morgan fingerprint density at radius 2 is 1.60 bits per heavy atom. The monoisotopic (exact) mass is 402 g/mol. The third-order valence-electron chi connectivity index (χ3n) is 5.67. The lowest BCUT2D eigenvalue weighted by Crippen LogP contribution is -2.46. The summed E-state index contributed by atoms with van der Waals surface area (Å²) >= 11 is 3.35. The molecule has 1 saturated carbocycles. The summed E-state index contributed by atoms with van der Waals surface area (Å²) in [6, 6.07) is 6.38. The number of hydrogen-bond donors (Lipinski definition) is 1. The van der Waals surface area contributed by atoms with Gasteiger partial charge in [-0.15, -0.1) is 0 Å². The zero-order chi connectivity index (χ0) is 17.7. The van der Waals surface area contributed by atoms with Gasteiger partial charge in [-0.05, 0) is 55.9 Å². The van der Waals surface area contributed by atoms with E-state index in [2.05, 4.69) is 33.4 Å². The largest absolute Gasteiger partial charge is 0.324 e. The smallest absolute Gasteiger partial charge is 0.247 e. The van der Waals surface area contributed by atoms with Crippen LogP contribution in [0.25, 0.3) is 0 Å². The molecule has 0 aromatic heterocycles. The minimum atomic E-state index is -0.811. The molecule has 1 aromatic carbocycles. The van der Waals surface area contributed by atoms with Crippen LogP contribution in [0.4, 0.5) is 5.69 Å². The van der Waals surface area contributed by atoms with Gasteiger partial charge in [0.15, 0.2) is 0 Å². The van der Waals surface area contributed by atoms with Crippen molar-refractivity contribution < 1.29 is 14.4 Å². The molecule has 25 heavy (non-hydrogen) atoms. The van der Waals surface area contributed by atoms with Crippen molar-refractivity contribution >= 4 is 39.3 Å². The summed E-state index contributed by atoms with van der Waals surface area (Å²) in [6.07, 6.45) is 6.07. The Kier molecular flexibility index (Phi) is 4.02. The average Bonchev–Trinajstić information content (AvgIpc) is 2.90. The SMILES string of the molecule is CC(C(=O)Nc1ccc(Br)cc1)N1C(=O)C2C3C=CC(CC3)C2C1=O. The number of rotatable bonds is 3. The molecule has 130 valence electrons. The molecule has 5 unspecified atom stereocenters. The van der Waals surface area contributed by atoms with Crippen molar-refractivity contribution in [3.8, 4) is 0 Å². The van der Waals surface area contributed by atoms with Gasteiger partial charge >= 0.3 is 0 Å². The number of allylic oxidation sites excluding steroid dienone is 2. The summed E-state index contributed by atoms with van der Waals surface area (Å²) in [4.78, 5) is 39.5. The molecular weight excluding hydrogens is 384 g/mol. The Morgan fingerprint density at radius 1 is 1.08 bits per heavy atom. The van der Waals surface area contributed by atoms with Crippen LogP contribution in [0.1, 0.15) is 19.8 Å². The van der Waals surface area contributed by atoms with Gasteiger partial charge in [0.1, 0.15) is 6.04 Å². The number of nitrogens with zero attached hydrogens (tertiary/aromatic N) is 1. The predicted octanol–water partition coefficient (Wildman–Crippen LogP) is 2.97. The lowest BCUT2D eigenvalue weighted by Gasteiger charge is -2.38. The van der Waals surface area contributed by atoms with Gasteiger partial charge in [0.25, 0.3) is 0 Å². The van der Waals surface area contributed by atoms with Crippen LogP contribution in [-0.4, -0.2) is 28.7 Å². The highest BCUT2D eigenvalue weighted by molar-refractivity contribution is 9.10. The molecule has 1 heterocycles. The highest BCUT2D eigenvalue weighted by Gasteiger charge is 2.58. The maximum Gasteiger partial charge on any atom is 0.247 e. The van der Waals surface area contributed by atoms with Gasteiger partial charge < -0.3 is 5.32 Å². The van der Waals surface area contributed by atoms with E-state index in [9.17, 15) is 14.4 Å². The number of anilines is 1. The molecule has 5 nitrogen and oxygen atoms in total. The number of amides is 3. The molecule has 2 bridgehead atoms. The number of fused-ring (bicyclic) bond motifs is 1. The molecule has 3 amide bonds. The molecule has 1 aliphatic heterocycles. The van der Waals surface area contributed by atoms with Gasteiger partial charge in [0, 0.05) is 10.2 Å². The predicted molar refractivity (Wildman–Crippen MR) is 96.4 cm³/mol. The third-order valence-corrected chi connectivity index (χ3v) is 6.20. The number of carbonyl (C=O) groups excluding carboxylic acids is 3. The lowest BCUT2D eigenvalue weighted by molar-refractivity contribution is -0.146. The normalized spacial score (nSPS) is 31.2. The Morgan fingerprint density at radius 3 is 2.08 bits per heavy atom. The van der Waals surface area contributed by atoms with Crippen molar-refractivity contribution in [3.05, 3.63) is 40.9 Å². The van der Waals surface area contributed by atoms with Crippen molar-refractivity contribution in [3.63, 3.8) is 0 Å². The maximum absolute atomic E-state index is 12.9. The van der Waals surface area contributed by atoms with E-state index in [1.54, 1.807) is 19.1 Å². The van der Waals surface area contributed by atoms with Crippen molar-refractivity contribution in [2.24, 2.45) is 23.7 Å². The highest BCUT2D eigenvalue weighted by atomic mass is 79.9. The Balaban J connectivity index is 1.53. The summed E-state index contributed by atoms with van der Waals surface area (Å²) < 4.78 is 0.912. The standard InChI is InChI=1S/C19H19BrN2O3/c1-10(17(23)21-14-8-6-13(20)7-9-14)22-18(24)15-11-2-3-12(5-4-11)16(15)19(22)25/h2-3,6-12,15-16H,4-5H2,1H3,(H,21,23). The van der Waals surface area contributed by atoms with Crippen molar-refractivity contribution in [2.75, 3.05) is 5.32 Å². The van der Waals surface area contributed by atoms with E-state index in [0.29, 0.717) is 5.69 Å². The zero-order valence-electron chi connectivity index (χ0n) is 13.8. The summed E-state index contributed by atoms with van der Waals surface area (Å²) in [7, 11) is 0. The van der Waals surface area contributed by atoms with E-state index in [0.717, 1.165) is 17.3 Å². The van der Waals surface area contributed by atoms with Crippen LogP contribution < -0.4 is 5.32 Å². The lowest BCUT2D eigenvalue weighted by atomic mass is 9.63. The minimum Gasteiger partial charge on any atom is -0.324 e. The highest BCUT2D eigenvalue weighted by Crippen LogP contribution is 2.49. The number of likely N-dealkylation sites (tertiary alicyclic amines) is 1. The molecule has 0 spiro atoms. The molecule has 3 aliphatic carbocycles. The Hall–Kier alpha value is -1.95. The van der Waals surface area contributed by atoms with Gasteiger partial charge in [-0.25, -0.2) is 0 Å². The Bertz CT molecular complexity index is 741. The molecule has 4 aliphatic rings. The van der Waals surface area contributed by atoms with E-state index in [-0.39, 0.29) is 41.4 Å².